The van der Waals surface area contributed by atoms with Crippen molar-refractivity contribution in [3.8, 4) is 34.2 Å². The van der Waals surface area contributed by atoms with E-state index < -0.39 is 52.6 Å². The Labute approximate surface area is 713 Å². The summed E-state index contributed by atoms with van der Waals surface area (Å²) in [6.07, 6.45) is 22.8. The molecule has 0 unspecified atom stereocenters. The van der Waals surface area contributed by atoms with Gasteiger partial charge in [-0.25, -0.2) is 9.36 Å². The van der Waals surface area contributed by atoms with Crippen molar-refractivity contribution in [3.63, 3.8) is 0 Å². The van der Waals surface area contributed by atoms with Crippen LogP contribution in [-0.4, -0.2) is 229 Å². The van der Waals surface area contributed by atoms with Gasteiger partial charge in [0.25, 0.3) is 20.2 Å². The van der Waals surface area contributed by atoms with E-state index in [1.165, 1.54) is 57.0 Å². The van der Waals surface area contributed by atoms with Crippen LogP contribution in [0.15, 0.2) is 55.0 Å². The van der Waals surface area contributed by atoms with Crippen molar-refractivity contribution in [2.24, 2.45) is 0 Å². The van der Waals surface area contributed by atoms with Gasteiger partial charge >= 0.3 is 0 Å². The molecule has 9 aliphatic rings. The topological polar surface area (TPSA) is 332 Å². The molecule has 18 rings (SSSR count). The average Bonchev–Trinajstić information content (AvgIpc) is 1.56. The number of hydrogen-bond donors (Lipinski definition) is 5. The van der Waals surface area contributed by atoms with Gasteiger partial charge < -0.3 is 58.6 Å². The molecule has 6 aliphatic heterocycles. The third-order valence-electron chi connectivity index (χ3n) is 25.7. The fraction of sp³-hybridized carbons (Fsp3) is 0.591. The summed E-state index contributed by atoms with van der Waals surface area (Å²) in [5.74, 6) is 0.271. The number of carbonyl (C=O) groups is 3. The lowest BCUT2D eigenvalue weighted by Gasteiger charge is -2.37. The number of aromatic nitrogens is 9. The maximum absolute atomic E-state index is 14.1. The number of aliphatic hydroxyl groups excluding tert-OH is 1. The lowest BCUT2D eigenvalue weighted by molar-refractivity contribution is -0.156. The third kappa shape index (κ3) is 18.5. The molecular formula is C88H126N14O15S2Si2. The van der Waals surface area contributed by atoms with Crippen molar-refractivity contribution < 1.29 is 68.6 Å². The fourth-order valence-corrected chi connectivity index (χ4v) is 21.7. The molecule has 12 heterocycles. The molecule has 658 valence electrons. The monoisotopic (exact) mass is 1740 g/mol. The number of hydroxylamine groups is 4. The van der Waals surface area contributed by atoms with E-state index in [9.17, 15) is 31.2 Å². The van der Waals surface area contributed by atoms with Crippen molar-refractivity contribution in [2.75, 3.05) is 133 Å². The molecule has 33 heteroatoms. The number of fused-ring (bicyclic) bond motifs is 20. The number of aromatic amines is 4. The minimum absolute atomic E-state index is 0.0354. The highest BCUT2D eigenvalue weighted by molar-refractivity contribution is 7.86. The smallest absolute Gasteiger partial charge is 0.264 e. The van der Waals surface area contributed by atoms with Crippen LogP contribution in [0.4, 0.5) is 17.1 Å². The van der Waals surface area contributed by atoms with Crippen LogP contribution in [0.25, 0.3) is 66.9 Å². The Balaban J connectivity index is 0.000000144. The van der Waals surface area contributed by atoms with E-state index in [4.69, 9.17) is 47.6 Å². The number of nitrogens with zero attached hydrogens (tertiary/aromatic N) is 10. The molecule has 121 heavy (non-hydrogen) atoms. The quantitative estimate of drug-likeness (QED) is 0.0226. The van der Waals surface area contributed by atoms with Gasteiger partial charge in [-0.05, 0) is 235 Å². The molecule has 9 aromatic rings. The Hall–Kier alpha value is -7.75. The molecule has 0 bridgehead atoms. The zero-order valence-electron chi connectivity index (χ0n) is 73.4. The number of piperidine rings is 2. The number of H-pyrrole nitrogens is 4. The number of benzene rings is 3. The zero-order valence-corrected chi connectivity index (χ0v) is 77.0. The number of hydrogen-bond acceptors (Lipinski definition) is 20. The molecule has 3 amide bonds. The first-order valence-corrected chi connectivity index (χ1v) is 54.7. The van der Waals surface area contributed by atoms with Crippen LogP contribution in [0, 0.1) is 0 Å². The van der Waals surface area contributed by atoms with Crippen molar-refractivity contribution in [2.45, 2.75) is 218 Å². The molecule has 29 nitrogen and oxygen atoms in total. The summed E-state index contributed by atoms with van der Waals surface area (Å²) in [6, 6.07) is 15.3. The van der Waals surface area contributed by atoms with Gasteiger partial charge in [0.1, 0.15) is 24.8 Å². The SMILES string of the molecule is C1CCOC1.CCN1C(=O)C(CCOS(C)(=O)=O)(CCOS(C)(=O)=O)c2cc3[nH]c4c(c3cc21)CCCc1cn(COCC[Si](C)(C)C)nc1-4.CCN1C(=O)C2(CCN(OC)CC2)c2cc3[nH]c4c(c3cc21)CCCc1cn(COCC[Si](C)(C)C)nc1-4.CCN1C(=O)C2(CCN(OC)CC2)c2cc3[nH]c4c(c3cc21)CCCc1cn[nH]c1-4.CCO. The van der Waals surface area contributed by atoms with E-state index in [2.05, 4.69) is 115 Å². The number of amides is 3. The first-order valence-electron chi connectivity index (χ1n) is 43.6. The molecule has 0 saturated carbocycles. The molecular weight excluding hydrogens is 1610 g/mol. The first-order chi connectivity index (χ1) is 57.8. The number of nitrogens with one attached hydrogen (secondary N) is 4. The van der Waals surface area contributed by atoms with Gasteiger partial charge in [-0.15, -0.1) is 0 Å². The maximum atomic E-state index is 14.1. The Morgan fingerprint density at radius 1 is 0.496 bits per heavy atom. The van der Waals surface area contributed by atoms with Crippen LogP contribution in [0.2, 0.25) is 51.4 Å². The number of carbonyl (C=O) groups excluding carboxylic acids is 3. The van der Waals surface area contributed by atoms with Crippen molar-refractivity contribution in [3.05, 3.63) is 105 Å². The average molecular weight is 1740 g/mol. The van der Waals surface area contributed by atoms with E-state index in [0.29, 0.717) is 45.3 Å². The molecule has 6 aromatic heterocycles. The van der Waals surface area contributed by atoms with E-state index in [-0.39, 0.29) is 50.4 Å². The van der Waals surface area contributed by atoms with Gasteiger partial charge in [-0.2, -0.15) is 42.3 Å². The van der Waals surface area contributed by atoms with Gasteiger partial charge in [0.2, 0.25) is 17.7 Å². The Morgan fingerprint density at radius 2 is 0.876 bits per heavy atom. The highest BCUT2D eigenvalue weighted by Gasteiger charge is 2.55. The number of aryl methyl sites for hydroxylation is 6. The van der Waals surface area contributed by atoms with E-state index in [1.807, 2.05) is 54.5 Å². The largest absolute Gasteiger partial charge is 0.397 e. The molecule has 2 spiro atoms. The second-order valence-electron chi connectivity index (χ2n) is 36.1. The summed E-state index contributed by atoms with van der Waals surface area (Å²) in [7, 11) is -6.39. The maximum Gasteiger partial charge on any atom is 0.264 e. The predicted octanol–water partition coefficient (Wildman–Crippen LogP) is 13.4. The highest BCUT2D eigenvalue weighted by Crippen LogP contribution is 2.54. The molecule has 3 aromatic carbocycles. The number of anilines is 3. The second kappa shape index (κ2) is 36.8. The lowest BCUT2D eigenvalue weighted by Crippen LogP contribution is -2.48. The minimum atomic E-state index is -3.76. The van der Waals surface area contributed by atoms with Gasteiger partial charge in [0.15, 0.2) is 0 Å². The lowest BCUT2D eigenvalue weighted by atomic mass is 9.74. The van der Waals surface area contributed by atoms with Crippen LogP contribution < -0.4 is 14.7 Å². The van der Waals surface area contributed by atoms with Crippen molar-refractivity contribution in [1.29, 1.82) is 0 Å². The number of likely N-dealkylation sites (N-methyl/N-ethyl adjacent to an activating group) is 3. The van der Waals surface area contributed by atoms with Crippen LogP contribution >= 0.6 is 0 Å². The molecule has 0 radical (unpaired) electrons. The fourth-order valence-electron chi connectivity index (χ4n) is 19.4. The van der Waals surface area contributed by atoms with Gasteiger partial charge in [0.05, 0.1) is 85.2 Å². The number of ether oxygens (including phenoxy) is 3. The molecule has 0 atom stereocenters. The molecule has 3 saturated heterocycles. The molecule has 3 fully saturated rings. The van der Waals surface area contributed by atoms with E-state index in [1.54, 1.807) is 26.0 Å². The first kappa shape index (κ1) is 89.5. The van der Waals surface area contributed by atoms with Crippen molar-refractivity contribution in [1.82, 2.24) is 54.8 Å². The van der Waals surface area contributed by atoms with Gasteiger partial charge in [0, 0.05) is 157 Å². The van der Waals surface area contributed by atoms with E-state index in [0.717, 1.165) is 238 Å². The summed E-state index contributed by atoms with van der Waals surface area (Å²) in [6.45, 7) is 30.8. The van der Waals surface area contributed by atoms with Crippen LogP contribution in [0.5, 0.6) is 0 Å². The molecule has 3 aliphatic carbocycles. The summed E-state index contributed by atoms with van der Waals surface area (Å²) < 4.78 is 78.0. The normalized spacial score (nSPS) is 18.4. The standard InChI is InChI=1S/C30H44N4O8S2Si.C29H41N5O3Si.C23H27N5O2.C4H8O.C2H6O/c1-7-34-26-17-23-22-10-8-9-21-19-33(20-40-15-16-45(4,5)6)32-27(21)28(22)31-25(23)18-24(26)30(29(34)35,11-13-41-43(2,36)37)12-14-42-44(3,38)39;1-6-34-25-16-22-21-9-7-8-20-18-32(19-37-14-15-38(3,4)5)31-26(20)27(21)30-24(22)17-23(25)29(28(34)35)10-12-33(36-2)13-11-29;1-3-28-19-11-16-15-6-4-5-14-13-24-26-20(14)21(15)25-18(16)12-17(19)23(22(28)29)7-9-27(30-2)10-8-23;1-2-4-5-3-1;1-2-3/h17-19,31H,7-16,20H2,1-6H3;16-18,30H,6-15,19H2,1-5H3;11-13,25H,3-10H2,1-2H3,(H,24,26);1-4H2;3H,2H2,1H3. The highest BCUT2D eigenvalue weighted by atomic mass is 32.2. The van der Waals surface area contributed by atoms with Crippen LogP contribution in [0.3, 0.4) is 0 Å². The van der Waals surface area contributed by atoms with Crippen LogP contribution in [-0.2, 0) is 135 Å². The second-order valence-corrected chi connectivity index (χ2v) is 50.6. The summed E-state index contributed by atoms with van der Waals surface area (Å²) in [5.41, 5.74) is 20.7. The number of aliphatic hydroxyl groups is 1. The summed E-state index contributed by atoms with van der Waals surface area (Å²) in [4.78, 5) is 69.1. The zero-order chi connectivity index (χ0) is 86.1. The Morgan fingerprint density at radius 3 is 1.26 bits per heavy atom. The Kier molecular flexibility index (Phi) is 27.2. The predicted molar refractivity (Wildman–Crippen MR) is 478 cm³/mol. The summed E-state index contributed by atoms with van der Waals surface area (Å²) in [5, 5.41) is 32.4. The minimum Gasteiger partial charge on any atom is -0.397 e. The van der Waals surface area contributed by atoms with Gasteiger partial charge in [-0.3, -0.25) is 27.8 Å². The van der Waals surface area contributed by atoms with E-state index >= 15 is 0 Å². The Bertz CT molecular complexity index is 5430. The molecule has 5 N–H and O–H groups in total. The number of rotatable bonds is 23. The van der Waals surface area contributed by atoms with Crippen LogP contribution in [0.1, 0.15) is 148 Å². The third-order valence-corrected chi connectivity index (χ3v) is 30.3. The van der Waals surface area contributed by atoms with Gasteiger partial charge in [-0.1, -0.05) is 39.3 Å². The summed E-state index contributed by atoms with van der Waals surface area (Å²) >= 11 is 0. The van der Waals surface area contributed by atoms with Crippen molar-refractivity contribution >= 4 is 104 Å².